The molecule has 2 atom stereocenters. The SMILES string of the molecule is CC1OC1(C)COC(C)(C)C. The molecule has 0 aromatic rings. The monoisotopic (exact) mass is 158 g/mol. The zero-order valence-corrected chi connectivity index (χ0v) is 8.10. The number of hydrogen-bond donors (Lipinski definition) is 0. The summed E-state index contributed by atoms with van der Waals surface area (Å²) in [5.41, 5.74) is -0.0536. The highest BCUT2D eigenvalue weighted by Gasteiger charge is 2.49. The van der Waals surface area contributed by atoms with Gasteiger partial charge in [-0.2, -0.15) is 0 Å². The summed E-state index contributed by atoms with van der Waals surface area (Å²) >= 11 is 0. The summed E-state index contributed by atoms with van der Waals surface area (Å²) in [6.45, 7) is 11.0. The third-order valence-electron chi connectivity index (χ3n) is 2.04. The second-order valence-corrected chi connectivity index (χ2v) is 4.47. The molecule has 66 valence electrons. The smallest absolute Gasteiger partial charge is 0.115 e. The first-order chi connectivity index (χ1) is 4.83. The first-order valence-corrected chi connectivity index (χ1v) is 4.15. The van der Waals surface area contributed by atoms with Crippen molar-refractivity contribution in [2.75, 3.05) is 6.61 Å². The summed E-state index contributed by atoms with van der Waals surface area (Å²) < 4.78 is 11.0. The Bertz CT molecular complexity index is 148. The van der Waals surface area contributed by atoms with Crippen molar-refractivity contribution < 1.29 is 9.47 Å². The molecule has 0 aromatic heterocycles. The van der Waals surface area contributed by atoms with E-state index >= 15 is 0 Å². The first-order valence-electron chi connectivity index (χ1n) is 4.15. The van der Waals surface area contributed by atoms with Crippen LogP contribution in [0.2, 0.25) is 0 Å². The maximum absolute atomic E-state index is 5.60. The van der Waals surface area contributed by atoms with Crippen molar-refractivity contribution in [2.45, 2.75) is 51.9 Å². The van der Waals surface area contributed by atoms with E-state index in [4.69, 9.17) is 9.47 Å². The van der Waals surface area contributed by atoms with Gasteiger partial charge in [-0.3, -0.25) is 0 Å². The molecule has 1 aliphatic rings. The minimum Gasteiger partial charge on any atom is -0.373 e. The summed E-state index contributed by atoms with van der Waals surface area (Å²) in [5.74, 6) is 0. The number of hydrogen-bond acceptors (Lipinski definition) is 2. The Kier molecular flexibility index (Phi) is 2.01. The minimum atomic E-state index is -0.0469. The Labute approximate surface area is 68.9 Å². The summed E-state index contributed by atoms with van der Waals surface area (Å²) in [4.78, 5) is 0. The van der Waals surface area contributed by atoms with E-state index in [0.29, 0.717) is 12.7 Å². The molecule has 0 amide bonds. The molecule has 0 saturated carbocycles. The van der Waals surface area contributed by atoms with Crippen LogP contribution in [0.4, 0.5) is 0 Å². The average Bonchev–Trinajstić information content (AvgIpc) is 2.36. The second-order valence-electron chi connectivity index (χ2n) is 4.47. The third-order valence-corrected chi connectivity index (χ3v) is 2.04. The molecule has 0 N–H and O–H groups in total. The molecular weight excluding hydrogens is 140 g/mol. The topological polar surface area (TPSA) is 21.8 Å². The van der Waals surface area contributed by atoms with Crippen LogP contribution in [0.3, 0.4) is 0 Å². The first kappa shape index (κ1) is 9.01. The number of ether oxygens (including phenoxy) is 2. The fraction of sp³-hybridized carbons (Fsp3) is 1.00. The zero-order chi connectivity index (χ0) is 8.70. The lowest BCUT2D eigenvalue weighted by atomic mass is 10.1. The van der Waals surface area contributed by atoms with Gasteiger partial charge in [0.1, 0.15) is 5.60 Å². The van der Waals surface area contributed by atoms with E-state index in [-0.39, 0.29) is 11.2 Å². The predicted molar refractivity (Wildman–Crippen MR) is 44.7 cm³/mol. The van der Waals surface area contributed by atoms with Gasteiger partial charge in [0.2, 0.25) is 0 Å². The Morgan fingerprint density at radius 2 is 1.91 bits per heavy atom. The fourth-order valence-electron chi connectivity index (χ4n) is 0.881. The molecule has 1 aliphatic heterocycles. The van der Waals surface area contributed by atoms with E-state index in [1.54, 1.807) is 0 Å². The molecule has 0 aliphatic carbocycles. The maximum Gasteiger partial charge on any atom is 0.115 e. The number of epoxide rings is 1. The van der Waals surface area contributed by atoms with Gasteiger partial charge in [0.25, 0.3) is 0 Å². The molecule has 2 heteroatoms. The van der Waals surface area contributed by atoms with Gasteiger partial charge in [-0.25, -0.2) is 0 Å². The largest absolute Gasteiger partial charge is 0.373 e. The van der Waals surface area contributed by atoms with Crippen LogP contribution in [0.1, 0.15) is 34.6 Å². The van der Waals surface area contributed by atoms with Gasteiger partial charge in [-0.1, -0.05) is 0 Å². The predicted octanol–water partition coefficient (Wildman–Crippen LogP) is 1.98. The molecule has 1 rings (SSSR count). The molecule has 0 aromatic carbocycles. The third kappa shape index (κ3) is 2.46. The van der Waals surface area contributed by atoms with Gasteiger partial charge < -0.3 is 9.47 Å². The summed E-state index contributed by atoms with van der Waals surface area (Å²) in [6.07, 6.45) is 0.366. The molecule has 2 unspecified atom stereocenters. The van der Waals surface area contributed by atoms with Crippen LogP contribution in [0.15, 0.2) is 0 Å². The van der Waals surface area contributed by atoms with Gasteiger partial charge >= 0.3 is 0 Å². The van der Waals surface area contributed by atoms with Crippen LogP contribution in [-0.4, -0.2) is 23.9 Å². The zero-order valence-electron chi connectivity index (χ0n) is 8.10. The molecule has 2 nitrogen and oxygen atoms in total. The van der Waals surface area contributed by atoms with E-state index in [1.165, 1.54) is 0 Å². The quantitative estimate of drug-likeness (QED) is 0.573. The van der Waals surface area contributed by atoms with Gasteiger partial charge in [-0.05, 0) is 34.6 Å². The Hall–Kier alpha value is -0.0800. The van der Waals surface area contributed by atoms with Crippen molar-refractivity contribution in [3.63, 3.8) is 0 Å². The molecule has 1 saturated heterocycles. The molecule has 1 heterocycles. The molecule has 0 bridgehead atoms. The fourth-order valence-corrected chi connectivity index (χ4v) is 0.881. The molecule has 0 spiro atoms. The maximum atomic E-state index is 5.60. The van der Waals surface area contributed by atoms with Gasteiger partial charge in [-0.15, -0.1) is 0 Å². The van der Waals surface area contributed by atoms with Gasteiger partial charge in [0.15, 0.2) is 0 Å². The lowest BCUT2D eigenvalue weighted by Crippen LogP contribution is -2.27. The number of rotatable bonds is 2. The summed E-state index contributed by atoms with van der Waals surface area (Å²) in [5, 5.41) is 0. The van der Waals surface area contributed by atoms with Crippen molar-refractivity contribution >= 4 is 0 Å². The normalized spacial score (nSPS) is 37.4. The molecule has 0 radical (unpaired) electrons. The molecule has 1 fully saturated rings. The van der Waals surface area contributed by atoms with Gasteiger partial charge in [0.05, 0.1) is 18.3 Å². The lowest BCUT2D eigenvalue weighted by molar-refractivity contribution is -0.0268. The van der Waals surface area contributed by atoms with E-state index in [0.717, 1.165) is 0 Å². The highest BCUT2D eigenvalue weighted by molar-refractivity contribution is 4.96. The Balaban J connectivity index is 2.24. The minimum absolute atomic E-state index is 0.00667. The van der Waals surface area contributed by atoms with Crippen molar-refractivity contribution in [1.29, 1.82) is 0 Å². The lowest BCUT2D eigenvalue weighted by Gasteiger charge is -2.21. The Morgan fingerprint density at radius 3 is 2.18 bits per heavy atom. The summed E-state index contributed by atoms with van der Waals surface area (Å²) in [6, 6.07) is 0. The van der Waals surface area contributed by atoms with Crippen LogP contribution in [-0.2, 0) is 9.47 Å². The van der Waals surface area contributed by atoms with Crippen molar-refractivity contribution in [3.05, 3.63) is 0 Å². The van der Waals surface area contributed by atoms with E-state index in [9.17, 15) is 0 Å². The van der Waals surface area contributed by atoms with E-state index < -0.39 is 0 Å². The van der Waals surface area contributed by atoms with Crippen LogP contribution in [0, 0.1) is 0 Å². The highest BCUT2D eigenvalue weighted by Crippen LogP contribution is 2.36. The van der Waals surface area contributed by atoms with Gasteiger partial charge in [0, 0.05) is 0 Å². The van der Waals surface area contributed by atoms with Crippen LogP contribution in [0.5, 0.6) is 0 Å². The van der Waals surface area contributed by atoms with Crippen LogP contribution >= 0.6 is 0 Å². The summed E-state index contributed by atoms with van der Waals surface area (Å²) in [7, 11) is 0. The molecule has 11 heavy (non-hydrogen) atoms. The van der Waals surface area contributed by atoms with Crippen molar-refractivity contribution in [1.82, 2.24) is 0 Å². The van der Waals surface area contributed by atoms with Crippen LogP contribution < -0.4 is 0 Å². The standard InChI is InChI=1S/C9H18O2/c1-7-9(5,11-7)6-10-8(2,3)4/h7H,6H2,1-5H3. The van der Waals surface area contributed by atoms with Crippen LogP contribution in [0.25, 0.3) is 0 Å². The van der Waals surface area contributed by atoms with Crippen molar-refractivity contribution in [2.24, 2.45) is 0 Å². The Morgan fingerprint density at radius 1 is 1.45 bits per heavy atom. The van der Waals surface area contributed by atoms with E-state index in [1.807, 2.05) is 0 Å². The average molecular weight is 158 g/mol. The second kappa shape index (κ2) is 2.46. The highest BCUT2D eigenvalue weighted by atomic mass is 16.6. The molecular formula is C9H18O2. The van der Waals surface area contributed by atoms with Crippen molar-refractivity contribution in [3.8, 4) is 0 Å². The van der Waals surface area contributed by atoms with E-state index in [2.05, 4.69) is 34.6 Å².